The second-order valence-electron chi connectivity index (χ2n) is 5.17. The van der Waals surface area contributed by atoms with Crippen LogP contribution in [0.3, 0.4) is 0 Å². The van der Waals surface area contributed by atoms with E-state index in [9.17, 15) is 4.79 Å². The van der Waals surface area contributed by atoms with Gasteiger partial charge in [-0.15, -0.1) is 6.58 Å². The first-order valence-electron chi connectivity index (χ1n) is 7.17. The van der Waals surface area contributed by atoms with Crippen LogP contribution in [0.2, 0.25) is 0 Å². The van der Waals surface area contributed by atoms with Crippen molar-refractivity contribution in [3.63, 3.8) is 0 Å². The number of piperidine rings is 1. The van der Waals surface area contributed by atoms with Crippen LogP contribution < -0.4 is 15.0 Å². The molecule has 0 aromatic carbocycles. The number of aryl methyl sites for hydroxylation is 1. The Kier molecular flexibility index (Phi) is 5.14. The number of aromatic nitrogens is 2. The minimum atomic E-state index is -0.0335. The molecular formula is C15H22N4O2. The van der Waals surface area contributed by atoms with Crippen molar-refractivity contribution in [1.82, 2.24) is 15.3 Å². The highest BCUT2D eigenvalue weighted by atomic mass is 16.5. The summed E-state index contributed by atoms with van der Waals surface area (Å²) in [6.07, 6.45) is 3.53. The van der Waals surface area contributed by atoms with E-state index in [0.717, 1.165) is 25.1 Å². The highest BCUT2D eigenvalue weighted by Gasteiger charge is 2.27. The molecule has 114 valence electrons. The summed E-state index contributed by atoms with van der Waals surface area (Å²) in [4.78, 5) is 23.0. The normalized spacial score (nSPS) is 18.2. The molecule has 0 radical (unpaired) electrons. The molecule has 1 unspecified atom stereocenters. The van der Waals surface area contributed by atoms with Crippen LogP contribution in [0.15, 0.2) is 18.7 Å². The topological polar surface area (TPSA) is 67.4 Å². The lowest BCUT2D eigenvalue weighted by molar-refractivity contribution is -0.125. The van der Waals surface area contributed by atoms with E-state index in [4.69, 9.17) is 4.74 Å². The monoisotopic (exact) mass is 290 g/mol. The quantitative estimate of drug-likeness (QED) is 0.828. The van der Waals surface area contributed by atoms with Gasteiger partial charge in [0.25, 0.3) is 0 Å². The number of nitrogens with one attached hydrogen (secondary N) is 1. The average molecular weight is 290 g/mol. The molecule has 1 saturated heterocycles. The second kappa shape index (κ2) is 7.06. The van der Waals surface area contributed by atoms with Crippen molar-refractivity contribution in [1.29, 1.82) is 0 Å². The molecule has 0 saturated carbocycles. The standard InChI is InChI=1S/C15H22N4O2/c1-4-7-16-14(20)12-6-5-8-19(10-12)15-17-11(2)9-13(18-15)21-3/h4,9,12H,1,5-8,10H2,2-3H3,(H,16,20). The molecule has 0 aliphatic carbocycles. The SMILES string of the molecule is C=CCNC(=O)C1CCCN(c2nc(C)cc(OC)n2)C1. The Morgan fingerprint density at radius 3 is 3.14 bits per heavy atom. The summed E-state index contributed by atoms with van der Waals surface area (Å²) in [6.45, 7) is 7.52. The van der Waals surface area contributed by atoms with Gasteiger partial charge in [0.05, 0.1) is 13.0 Å². The molecule has 6 heteroatoms. The van der Waals surface area contributed by atoms with Crippen LogP contribution in [0.5, 0.6) is 5.88 Å². The van der Waals surface area contributed by atoms with Crippen LogP contribution in [-0.4, -0.2) is 42.6 Å². The molecule has 1 fully saturated rings. The van der Waals surface area contributed by atoms with E-state index in [1.54, 1.807) is 19.3 Å². The van der Waals surface area contributed by atoms with Crippen molar-refractivity contribution in [2.75, 3.05) is 31.6 Å². The summed E-state index contributed by atoms with van der Waals surface area (Å²) in [7, 11) is 1.59. The van der Waals surface area contributed by atoms with Crippen molar-refractivity contribution < 1.29 is 9.53 Å². The smallest absolute Gasteiger partial charge is 0.228 e. The van der Waals surface area contributed by atoms with Gasteiger partial charge in [0, 0.05) is 31.4 Å². The Labute approximate surface area is 125 Å². The third-order valence-electron chi connectivity index (χ3n) is 3.52. The van der Waals surface area contributed by atoms with Gasteiger partial charge >= 0.3 is 0 Å². The van der Waals surface area contributed by atoms with Gasteiger partial charge < -0.3 is 15.0 Å². The van der Waals surface area contributed by atoms with Gasteiger partial charge in [-0.25, -0.2) is 4.98 Å². The molecule has 1 aromatic heterocycles. The molecule has 6 nitrogen and oxygen atoms in total. The van der Waals surface area contributed by atoms with Crippen LogP contribution in [0.1, 0.15) is 18.5 Å². The molecule has 1 N–H and O–H groups in total. The summed E-state index contributed by atoms with van der Waals surface area (Å²) < 4.78 is 5.19. The highest BCUT2D eigenvalue weighted by Crippen LogP contribution is 2.22. The van der Waals surface area contributed by atoms with Crippen LogP contribution in [0, 0.1) is 12.8 Å². The number of anilines is 1. The third kappa shape index (κ3) is 3.93. The van der Waals surface area contributed by atoms with Gasteiger partial charge in [0.2, 0.25) is 17.7 Å². The number of carbonyl (C=O) groups excluding carboxylic acids is 1. The van der Waals surface area contributed by atoms with E-state index >= 15 is 0 Å². The van der Waals surface area contributed by atoms with E-state index in [1.807, 2.05) is 6.92 Å². The first-order valence-corrected chi connectivity index (χ1v) is 7.17. The van der Waals surface area contributed by atoms with E-state index in [0.29, 0.717) is 24.9 Å². The van der Waals surface area contributed by atoms with Gasteiger partial charge in [0.1, 0.15) is 0 Å². The Morgan fingerprint density at radius 2 is 2.43 bits per heavy atom. The zero-order valence-electron chi connectivity index (χ0n) is 12.6. The Bertz CT molecular complexity index is 518. The van der Waals surface area contributed by atoms with Crippen molar-refractivity contribution >= 4 is 11.9 Å². The fraction of sp³-hybridized carbons (Fsp3) is 0.533. The molecule has 1 aliphatic heterocycles. The molecular weight excluding hydrogens is 268 g/mol. The number of hydrogen-bond acceptors (Lipinski definition) is 5. The maximum Gasteiger partial charge on any atom is 0.228 e. The van der Waals surface area contributed by atoms with E-state index in [2.05, 4.69) is 26.8 Å². The van der Waals surface area contributed by atoms with E-state index in [-0.39, 0.29) is 11.8 Å². The van der Waals surface area contributed by atoms with Gasteiger partial charge in [-0.05, 0) is 19.8 Å². The predicted octanol–water partition coefficient (Wildman–Crippen LogP) is 1.31. The van der Waals surface area contributed by atoms with Crippen molar-refractivity contribution in [2.24, 2.45) is 5.92 Å². The Hall–Kier alpha value is -2.11. The summed E-state index contributed by atoms with van der Waals surface area (Å²) in [5.41, 5.74) is 0.857. The van der Waals surface area contributed by atoms with Gasteiger partial charge in [0.15, 0.2) is 0 Å². The van der Waals surface area contributed by atoms with Crippen molar-refractivity contribution in [3.05, 3.63) is 24.4 Å². The fourth-order valence-corrected chi connectivity index (χ4v) is 2.46. The van der Waals surface area contributed by atoms with Gasteiger partial charge in [-0.3, -0.25) is 4.79 Å². The fourth-order valence-electron chi connectivity index (χ4n) is 2.46. The van der Waals surface area contributed by atoms with Gasteiger partial charge in [-0.2, -0.15) is 4.98 Å². The number of methoxy groups -OCH3 is 1. The summed E-state index contributed by atoms with van der Waals surface area (Å²) >= 11 is 0. The van der Waals surface area contributed by atoms with Crippen LogP contribution in [0.4, 0.5) is 5.95 Å². The summed E-state index contributed by atoms with van der Waals surface area (Å²) in [5, 5.41) is 2.86. The first-order chi connectivity index (χ1) is 10.1. The molecule has 1 amide bonds. The van der Waals surface area contributed by atoms with Gasteiger partial charge in [-0.1, -0.05) is 6.08 Å². The number of hydrogen-bond donors (Lipinski definition) is 1. The zero-order valence-corrected chi connectivity index (χ0v) is 12.6. The Morgan fingerprint density at radius 1 is 1.62 bits per heavy atom. The first kappa shape index (κ1) is 15.3. The molecule has 1 atom stereocenters. The molecule has 2 heterocycles. The maximum atomic E-state index is 12.1. The molecule has 2 rings (SSSR count). The summed E-state index contributed by atoms with van der Waals surface area (Å²) in [5.74, 6) is 1.22. The number of rotatable bonds is 5. The minimum Gasteiger partial charge on any atom is -0.481 e. The lowest BCUT2D eigenvalue weighted by Crippen LogP contribution is -2.43. The molecule has 0 spiro atoms. The van der Waals surface area contributed by atoms with Crippen molar-refractivity contribution in [2.45, 2.75) is 19.8 Å². The third-order valence-corrected chi connectivity index (χ3v) is 3.52. The number of amides is 1. The highest BCUT2D eigenvalue weighted by molar-refractivity contribution is 5.79. The zero-order chi connectivity index (χ0) is 15.2. The largest absolute Gasteiger partial charge is 0.481 e. The molecule has 1 aliphatic rings. The summed E-state index contributed by atoms with van der Waals surface area (Å²) in [6, 6.07) is 1.79. The number of ether oxygens (including phenoxy) is 1. The number of carbonyl (C=O) groups is 1. The lowest BCUT2D eigenvalue weighted by atomic mass is 9.97. The molecule has 1 aromatic rings. The molecule has 21 heavy (non-hydrogen) atoms. The van der Waals surface area contributed by atoms with Crippen LogP contribution in [-0.2, 0) is 4.79 Å². The lowest BCUT2D eigenvalue weighted by Gasteiger charge is -2.32. The Balaban J connectivity index is 2.08. The van der Waals surface area contributed by atoms with E-state index < -0.39 is 0 Å². The maximum absolute atomic E-state index is 12.1. The predicted molar refractivity (Wildman–Crippen MR) is 81.5 cm³/mol. The minimum absolute atomic E-state index is 0.0335. The number of nitrogens with zero attached hydrogens (tertiary/aromatic N) is 3. The average Bonchev–Trinajstić information content (AvgIpc) is 2.52. The molecule has 0 bridgehead atoms. The van der Waals surface area contributed by atoms with Crippen LogP contribution in [0.25, 0.3) is 0 Å². The van der Waals surface area contributed by atoms with E-state index in [1.165, 1.54) is 0 Å². The second-order valence-corrected chi connectivity index (χ2v) is 5.17. The van der Waals surface area contributed by atoms with Crippen molar-refractivity contribution in [3.8, 4) is 5.88 Å². The van der Waals surface area contributed by atoms with Crippen LogP contribution >= 0.6 is 0 Å².